The number of aliphatic imine (C=N–C) groups is 1. The number of primary amides is 1. The molecule has 0 radical (unpaired) electrons. The lowest BCUT2D eigenvalue weighted by atomic mass is 10.2. The second kappa shape index (κ2) is 8.04. The Morgan fingerprint density at radius 3 is 2.87 bits per heavy atom. The van der Waals surface area contributed by atoms with Crippen LogP contribution in [0.2, 0.25) is 0 Å². The molecular weight excluding hydrogens is 424 g/mol. The number of sulfonamides is 1. The van der Waals surface area contributed by atoms with Gasteiger partial charge in [0.05, 0.1) is 30.6 Å². The maximum absolute atomic E-state index is 13.0. The molecule has 1 unspecified atom stereocenters. The van der Waals surface area contributed by atoms with E-state index in [0.717, 1.165) is 16.1 Å². The summed E-state index contributed by atoms with van der Waals surface area (Å²) >= 11 is 1.49. The third kappa shape index (κ3) is 4.01. The van der Waals surface area contributed by atoms with E-state index in [2.05, 4.69) is 14.7 Å². The van der Waals surface area contributed by atoms with Crippen molar-refractivity contribution < 1.29 is 17.9 Å². The Kier molecular flexibility index (Phi) is 5.44. The number of nitrogens with two attached hydrogens (primary N) is 1. The number of anilines is 1. The van der Waals surface area contributed by atoms with Crippen molar-refractivity contribution in [2.45, 2.75) is 16.6 Å². The molecule has 0 fully saturated rings. The first-order valence-electron chi connectivity index (χ1n) is 9.15. The van der Waals surface area contributed by atoms with Crippen LogP contribution in [0.1, 0.15) is 12.1 Å². The first-order valence-corrected chi connectivity index (χ1v) is 11.5. The van der Waals surface area contributed by atoms with Crippen LogP contribution in [0, 0.1) is 0 Å². The van der Waals surface area contributed by atoms with Crippen LogP contribution in [0.15, 0.2) is 58.4 Å². The van der Waals surface area contributed by atoms with Gasteiger partial charge in [0.2, 0.25) is 5.91 Å². The minimum absolute atomic E-state index is 0.0208. The minimum atomic E-state index is -3.86. The Labute approximate surface area is 178 Å². The number of hydrogen-bond acceptors (Lipinski definition) is 6. The zero-order valence-electron chi connectivity index (χ0n) is 16.1. The van der Waals surface area contributed by atoms with Gasteiger partial charge >= 0.3 is 0 Å². The Morgan fingerprint density at radius 2 is 2.10 bits per heavy atom. The fourth-order valence-electron chi connectivity index (χ4n) is 3.29. The van der Waals surface area contributed by atoms with Crippen molar-refractivity contribution in [2.75, 3.05) is 18.4 Å². The van der Waals surface area contributed by atoms with E-state index < -0.39 is 10.0 Å². The van der Waals surface area contributed by atoms with Crippen molar-refractivity contribution >= 4 is 49.3 Å². The minimum Gasteiger partial charge on any atom is -0.495 e. The van der Waals surface area contributed by atoms with Crippen molar-refractivity contribution in [3.05, 3.63) is 54.2 Å². The first kappa shape index (κ1) is 20.3. The maximum atomic E-state index is 13.0. The molecule has 10 heteroatoms. The monoisotopic (exact) mass is 444 g/mol. The number of H-pyrrole nitrogens is 1. The van der Waals surface area contributed by atoms with Crippen molar-refractivity contribution in [1.29, 1.82) is 0 Å². The van der Waals surface area contributed by atoms with Gasteiger partial charge in [-0.05, 0) is 24.3 Å². The highest BCUT2D eigenvalue weighted by Gasteiger charge is 2.24. The standard InChI is InChI=1S/C20H20N4O4S2/c1-28-16-7-2-3-8-17(16)30(26,27)24-14-6-4-5-12-9-15(23-19(12)14)20-22-11-13(29-20)10-18(21)25/h2-9,13,23-24H,10-11H2,1H3,(H2,21,25). The van der Waals surface area contributed by atoms with Crippen molar-refractivity contribution in [2.24, 2.45) is 10.7 Å². The van der Waals surface area contributed by atoms with E-state index in [-0.39, 0.29) is 28.2 Å². The second-order valence-corrected chi connectivity index (χ2v) is 9.71. The summed E-state index contributed by atoms with van der Waals surface area (Å²) in [7, 11) is -2.43. The molecule has 1 atom stereocenters. The smallest absolute Gasteiger partial charge is 0.265 e. The van der Waals surface area contributed by atoms with Crippen LogP contribution in [0.3, 0.4) is 0 Å². The van der Waals surface area contributed by atoms with Gasteiger partial charge < -0.3 is 15.5 Å². The van der Waals surface area contributed by atoms with Gasteiger partial charge in [-0.2, -0.15) is 0 Å². The summed E-state index contributed by atoms with van der Waals surface area (Å²) in [5, 5.41) is 1.63. The van der Waals surface area contributed by atoms with E-state index in [4.69, 9.17) is 10.5 Å². The number of carbonyl (C=O) groups is 1. The molecule has 0 bridgehead atoms. The maximum Gasteiger partial charge on any atom is 0.265 e. The van der Waals surface area contributed by atoms with Crippen LogP contribution in [0.5, 0.6) is 5.75 Å². The number of methoxy groups -OCH3 is 1. The van der Waals surface area contributed by atoms with Gasteiger partial charge in [-0.25, -0.2) is 8.42 Å². The van der Waals surface area contributed by atoms with Gasteiger partial charge in [-0.1, -0.05) is 36.0 Å². The highest BCUT2D eigenvalue weighted by molar-refractivity contribution is 8.15. The van der Waals surface area contributed by atoms with Crippen LogP contribution in [0.4, 0.5) is 5.69 Å². The number of thioether (sulfide) groups is 1. The average Bonchev–Trinajstić information content (AvgIpc) is 3.34. The molecule has 156 valence electrons. The lowest BCUT2D eigenvalue weighted by molar-refractivity contribution is -0.117. The molecule has 1 amide bonds. The summed E-state index contributed by atoms with van der Waals surface area (Å²) in [5.74, 6) is -0.0878. The van der Waals surface area contributed by atoms with Gasteiger partial charge in [0.25, 0.3) is 10.0 Å². The summed E-state index contributed by atoms with van der Waals surface area (Å²) < 4.78 is 33.7. The number of benzene rings is 2. The first-order chi connectivity index (χ1) is 14.4. The quantitative estimate of drug-likeness (QED) is 0.516. The predicted molar refractivity (Wildman–Crippen MR) is 119 cm³/mol. The Morgan fingerprint density at radius 1 is 1.30 bits per heavy atom. The van der Waals surface area contributed by atoms with E-state index in [9.17, 15) is 13.2 Å². The van der Waals surface area contributed by atoms with Gasteiger partial charge in [-0.15, -0.1) is 0 Å². The van der Waals surface area contributed by atoms with Crippen LogP contribution < -0.4 is 15.2 Å². The highest BCUT2D eigenvalue weighted by Crippen LogP contribution is 2.32. The van der Waals surface area contributed by atoms with E-state index in [0.29, 0.717) is 17.7 Å². The molecular formula is C20H20N4O4S2. The van der Waals surface area contributed by atoms with Crippen molar-refractivity contribution in [1.82, 2.24) is 4.98 Å². The lowest BCUT2D eigenvalue weighted by Crippen LogP contribution is -2.18. The molecule has 2 heterocycles. The second-order valence-electron chi connectivity index (χ2n) is 6.77. The van der Waals surface area contributed by atoms with Crippen molar-refractivity contribution in [3.8, 4) is 5.75 Å². The van der Waals surface area contributed by atoms with Gasteiger partial charge in [-0.3, -0.25) is 14.5 Å². The fourth-order valence-corrected chi connectivity index (χ4v) is 5.64. The zero-order valence-corrected chi connectivity index (χ0v) is 17.7. The molecule has 4 N–H and O–H groups in total. The number of para-hydroxylation sites is 2. The number of rotatable bonds is 7. The lowest BCUT2D eigenvalue weighted by Gasteiger charge is -2.12. The number of fused-ring (bicyclic) bond motifs is 1. The molecule has 1 aliphatic rings. The molecule has 0 saturated carbocycles. The Bertz CT molecular complexity index is 1250. The number of aromatic nitrogens is 1. The van der Waals surface area contributed by atoms with Crippen LogP contribution in [-0.2, 0) is 14.8 Å². The number of nitrogens with one attached hydrogen (secondary N) is 2. The molecule has 2 aromatic carbocycles. The molecule has 4 rings (SSSR count). The number of hydrogen-bond donors (Lipinski definition) is 3. The fraction of sp³-hybridized carbons (Fsp3) is 0.200. The van der Waals surface area contributed by atoms with E-state index in [1.54, 1.807) is 30.3 Å². The van der Waals surface area contributed by atoms with E-state index in [1.807, 2.05) is 12.1 Å². The molecule has 1 aliphatic heterocycles. The molecule has 1 aromatic heterocycles. The van der Waals surface area contributed by atoms with Crippen LogP contribution >= 0.6 is 11.8 Å². The van der Waals surface area contributed by atoms with Crippen molar-refractivity contribution in [3.63, 3.8) is 0 Å². The topological polar surface area (TPSA) is 127 Å². The molecule has 30 heavy (non-hydrogen) atoms. The van der Waals surface area contributed by atoms with Crippen LogP contribution in [-0.4, -0.2) is 43.3 Å². The zero-order chi connectivity index (χ0) is 21.3. The molecule has 8 nitrogen and oxygen atoms in total. The number of amides is 1. The number of carbonyl (C=O) groups excluding carboxylic acids is 1. The summed E-state index contributed by atoms with van der Waals surface area (Å²) in [6, 6.07) is 13.7. The Balaban J connectivity index is 1.64. The number of aromatic amines is 1. The highest BCUT2D eigenvalue weighted by atomic mass is 32.2. The SMILES string of the molecule is COc1ccccc1S(=O)(=O)Nc1cccc2cc(C3=NCC(CC(N)=O)S3)[nH]c12. The van der Waals surface area contributed by atoms with Gasteiger partial charge in [0.15, 0.2) is 0 Å². The number of ether oxygens (including phenoxy) is 1. The average molecular weight is 445 g/mol. The predicted octanol–water partition coefficient (Wildman–Crippen LogP) is 2.71. The summed E-state index contributed by atoms with van der Waals surface area (Å²) in [5.41, 5.74) is 7.11. The third-order valence-electron chi connectivity index (χ3n) is 4.64. The normalized spacial score (nSPS) is 16.4. The van der Waals surface area contributed by atoms with Gasteiger partial charge in [0, 0.05) is 17.1 Å². The molecule has 0 spiro atoms. The van der Waals surface area contributed by atoms with E-state index in [1.165, 1.54) is 24.9 Å². The summed E-state index contributed by atoms with van der Waals surface area (Å²) in [6.45, 7) is 0.519. The molecule has 0 saturated heterocycles. The summed E-state index contributed by atoms with van der Waals surface area (Å²) in [6.07, 6.45) is 0.266. The largest absolute Gasteiger partial charge is 0.495 e. The van der Waals surface area contributed by atoms with Crippen LogP contribution in [0.25, 0.3) is 10.9 Å². The molecule has 3 aromatic rings. The van der Waals surface area contributed by atoms with Gasteiger partial charge in [0.1, 0.15) is 15.7 Å². The number of nitrogens with zero attached hydrogens (tertiary/aromatic N) is 1. The molecule has 0 aliphatic carbocycles. The third-order valence-corrected chi connectivity index (χ3v) is 7.26. The summed E-state index contributed by atoms with van der Waals surface area (Å²) in [4.78, 5) is 19.0. The Hall–Kier alpha value is -2.98. The van der Waals surface area contributed by atoms with E-state index >= 15 is 0 Å².